The van der Waals surface area contributed by atoms with E-state index in [0.29, 0.717) is 18.3 Å². The van der Waals surface area contributed by atoms with Gasteiger partial charge < -0.3 is 10.4 Å². The van der Waals surface area contributed by atoms with Crippen LogP contribution in [0, 0.1) is 17.8 Å². The van der Waals surface area contributed by atoms with E-state index in [4.69, 9.17) is 11.6 Å². The number of aliphatic carboxylic acids is 1. The number of hydrogen-bond donors (Lipinski definition) is 2. The highest BCUT2D eigenvalue weighted by Crippen LogP contribution is 2.61. The molecule has 1 aromatic rings. The van der Waals surface area contributed by atoms with E-state index in [-0.39, 0.29) is 17.7 Å². The second-order valence-electron chi connectivity index (χ2n) is 6.84. The monoisotopic (exact) mass is 319 g/mol. The summed E-state index contributed by atoms with van der Waals surface area (Å²) in [5, 5.41) is 12.8. The van der Waals surface area contributed by atoms with Crippen LogP contribution in [0.3, 0.4) is 0 Å². The molecule has 4 unspecified atom stereocenters. The number of nitrogens with one attached hydrogen (secondary N) is 1. The van der Waals surface area contributed by atoms with Gasteiger partial charge in [-0.3, -0.25) is 4.79 Å². The molecule has 4 atom stereocenters. The van der Waals surface area contributed by atoms with Crippen LogP contribution < -0.4 is 5.32 Å². The van der Waals surface area contributed by atoms with Gasteiger partial charge in [-0.2, -0.15) is 0 Å². The number of halogens is 1. The first kappa shape index (κ1) is 14.1. The smallest absolute Gasteiger partial charge is 0.326 e. The first-order valence-corrected chi connectivity index (χ1v) is 8.24. The van der Waals surface area contributed by atoms with Crippen LogP contribution in [0.4, 0.5) is 0 Å². The Kier molecular flexibility index (Phi) is 3.19. The highest BCUT2D eigenvalue weighted by molar-refractivity contribution is 6.30. The molecule has 4 rings (SSSR count). The molecule has 0 radical (unpaired) electrons. The fourth-order valence-corrected chi connectivity index (χ4v) is 4.11. The van der Waals surface area contributed by atoms with E-state index in [1.54, 1.807) is 0 Å². The van der Waals surface area contributed by atoms with Crippen molar-refractivity contribution in [3.63, 3.8) is 0 Å². The molecular weight excluding hydrogens is 302 g/mol. The topological polar surface area (TPSA) is 66.4 Å². The van der Waals surface area contributed by atoms with Gasteiger partial charge in [0.25, 0.3) is 0 Å². The highest BCUT2D eigenvalue weighted by Gasteiger charge is 2.59. The molecule has 0 bridgehead atoms. The Labute approximate surface area is 133 Å². The van der Waals surface area contributed by atoms with Gasteiger partial charge in [-0.25, -0.2) is 4.79 Å². The molecule has 1 amide bonds. The van der Waals surface area contributed by atoms with Crippen LogP contribution in [-0.4, -0.2) is 23.0 Å². The maximum atomic E-state index is 12.4. The van der Waals surface area contributed by atoms with Crippen LogP contribution in [0.1, 0.15) is 36.3 Å². The Morgan fingerprint density at radius 3 is 2.82 bits per heavy atom. The number of carboxylic acids is 1. The number of rotatable bonds is 5. The Balaban J connectivity index is 1.43. The number of benzene rings is 1. The zero-order valence-electron chi connectivity index (χ0n) is 12.1. The van der Waals surface area contributed by atoms with Crippen molar-refractivity contribution in [1.29, 1.82) is 0 Å². The summed E-state index contributed by atoms with van der Waals surface area (Å²) in [7, 11) is 0. The lowest BCUT2D eigenvalue weighted by atomic mass is 10.0. The molecule has 0 aliphatic heterocycles. The maximum absolute atomic E-state index is 12.4. The van der Waals surface area contributed by atoms with Crippen molar-refractivity contribution in [1.82, 2.24) is 5.32 Å². The molecule has 22 heavy (non-hydrogen) atoms. The molecule has 0 spiro atoms. The minimum Gasteiger partial charge on any atom is -0.480 e. The predicted octanol–water partition coefficient (Wildman–Crippen LogP) is 2.60. The maximum Gasteiger partial charge on any atom is 0.326 e. The van der Waals surface area contributed by atoms with Gasteiger partial charge in [-0.05, 0) is 53.9 Å². The summed E-state index contributed by atoms with van der Waals surface area (Å²) in [6.45, 7) is 0. The van der Waals surface area contributed by atoms with Crippen LogP contribution in [-0.2, 0) is 16.0 Å². The van der Waals surface area contributed by atoms with Crippen LogP contribution in [0.25, 0.3) is 0 Å². The van der Waals surface area contributed by atoms with Gasteiger partial charge in [0.1, 0.15) is 6.04 Å². The van der Waals surface area contributed by atoms with Crippen LogP contribution >= 0.6 is 11.6 Å². The van der Waals surface area contributed by atoms with E-state index >= 15 is 0 Å². The standard InChI is InChI=1S/C17H18ClNO3/c18-10-3-4-11-9(6-10)7-12-14(11)15(12)16(20)19-13(17(21)22)5-8-1-2-8/h3-4,6,8,12-15H,1-2,5,7H2,(H,19,20)(H,21,22). The van der Waals surface area contributed by atoms with Crippen molar-refractivity contribution in [3.8, 4) is 0 Å². The zero-order valence-corrected chi connectivity index (χ0v) is 12.8. The van der Waals surface area contributed by atoms with Crippen LogP contribution in [0.5, 0.6) is 0 Å². The minimum absolute atomic E-state index is 0.0604. The molecule has 2 saturated carbocycles. The summed E-state index contributed by atoms with van der Waals surface area (Å²) in [5.74, 6) is -0.0222. The van der Waals surface area contributed by atoms with Gasteiger partial charge in [-0.1, -0.05) is 30.5 Å². The number of carboxylic acid groups (broad SMARTS) is 1. The third-order valence-electron chi connectivity index (χ3n) is 5.27. The SMILES string of the molecule is O=C(O)C(CC1CC1)NC(=O)C1C2Cc3cc(Cl)ccc3C21. The highest BCUT2D eigenvalue weighted by atomic mass is 35.5. The fraction of sp³-hybridized carbons (Fsp3) is 0.529. The summed E-state index contributed by atoms with van der Waals surface area (Å²) in [5.41, 5.74) is 2.45. The van der Waals surface area contributed by atoms with Crippen LogP contribution in [0.15, 0.2) is 18.2 Å². The minimum atomic E-state index is -0.918. The summed E-state index contributed by atoms with van der Waals surface area (Å²) in [6, 6.07) is 5.12. The van der Waals surface area contributed by atoms with Crippen LogP contribution in [0.2, 0.25) is 5.02 Å². The van der Waals surface area contributed by atoms with E-state index in [1.165, 1.54) is 11.1 Å². The van der Waals surface area contributed by atoms with Gasteiger partial charge in [0.15, 0.2) is 0 Å². The zero-order chi connectivity index (χ0) is 15.4. The first-order chi connectivity index (χ1) is 10.5. The lowest BCUT2D eigenvalue weighted by Crippen LogP contribution is -2.42. The van der Waals surface area contributed by atoms with Crippen molar-refractivity contribution >= 4 is 23.5 Å². The molecule has 3 aliphatic carbocycles. The molecule has 4 nitrogen and oxygen atoms in total. The Morgan fingerprint density at radius 2 is 2.14 bits per heavy atom. The summed E-state index contributed by atoms with van der Waals surface area (Å²) >= 11 is 6.00. The van der Waals surface area contributed by atoms with Crippen molar-refractivity contribution in [2.24, 2.45) is 17.8 Å². The van der Waals surface area contributed by atoms with Crippen molar-refractivity contribution in [2.45, 2.75) is 37.6 Å². The number of carbonyl (C=O) groups is 2. The van der Waals surface area contributed by atoms with Crippen molar-refractivity contribution in [3.05, 3.63) is 34.3 Å². The second-order valence-corrected chi connectivity index (χ2v) is 7.28. The third kappa shape index (κ3) is 2.39. The number of carbonyl (C=O) groups excluding carboxylic acids is 1. The molecule has 116 valence electrons. The summed E-state index contributed by atoms with van der Waals surface area (Å²) < 4.78 is 0. The number of hydrogen-bond acceptors (Lipinski definition) is 2. The molecule has 0 heterocycles. The lowest BCUT2D eigenvalue weighted by Gasteiger charge is -2.15. The molecule has 3 aliphatic rings. The van der Waals surface area contributed by atoms with E-state index in [2.05, 4.69) is 5.32 Å². The van der Waals surface area contributed by atoms with E-state index in [1.807, 2.05) is 18.2 Å². The number of amides is 1. The van der Waals surface area contributed by atoms with Gasteiger partial charge in [-0.15, -0.1) is 0 Å². The quantitative estimate of drug-likeness (QED) is 0.876. The second kappa shape index (κ2) is 4.98. The molecule has 0 saturated heterocycles. The predicted molar refractivity (Wildman–Crippen MR) is 81.8 cm³/mol. The summed E-state index contributed by atoms with van der Waals surface area (Å²) in [6.07, 6.45) is 3.61. The molecule has 2 fully saturated rings. The largest absolute Gasteiger partial charge is 0.480 e. The Hall–Kier alpha value is -1.55. The van der Waals surface area contributed by atoms with Gasteiger partial charge in [0.05, 0.1) is 0 Å². The number of fused-ring (bicyclic) bond motifs is 3. The normalized spacial score (nSPS) is 29.4. The molecule has 0 aromatic heterocycles. The van der Waals surface area contributed by atoms with Gasteiger partial charge in [0, 0.05) is 10.9 Å². The average molecular weight is 320 g/mol. The molecular formula is C17H18ClNO3. The van der Waals surface area contributed by atoms with Gasteiger partial charge in [0.2, 0.25) is 5.91 Å². The molecule has 1 aromatic carbocycles. The van der Waals surface area contributed by atoms with E-state index < -0.39 is 12.0 Å². The van der Waals surface area contributed by atoms with Crippen molar-refractivity contribution in [2.75, 3.05) is 0 Å². The van der Waals surface area contributed by atoms with E-state index in [9.17, 15) is 14.7 Å². The lowest BCUT2D eigenvalue weighted by molar-refractivity contribution is -0.142. The third-order valence-corrected chi connectivity index (χ3v) is 5.51. The molecule has 2 N–H and O–H groups in total. The Morgan fingerprint density at radius 1 is 1.36 bits per heavy atom. The Bertz CT molecular complexity index is 655. The fourth-order valence-electron chi connectivity index (χ4n) is 3.92. The van der Waals surface area contributed by atoms with Crippen molar-refractivity contribution < 1.29 is 14.7 Å². The van der Waals surface area contributed by atoms with Gasteiger partial charge >= 0.3 is 5.97 Å². The first-order valence-electron chi connectivity index (χ1n) is 7.86. The average Bonchev–Trinajstić information content (AvgIpc) is 3.36. The summed E-state index contributed by atoms with van der Waals surface area (Å²) in [4.78, 5) is 23.7. The van der Waals surface area contributed by atoms with E-state index in [0.717, 1.165) is 24.3 Å². The molecule has 5 heteroatoms.